The molecule has 2 rings (SSSR count). The summed E-state index contributed by atoms with van der Waals surface area (Å²) in [6.07, 6.45) is 2.13. The van der Waals surface area contributed by atoms with Crippen LogP contribution in [0.2, 0.25) is 0 Å². The van der Waals surface area contributed by atoms with E-state index in [0.717, 1.165) is 35.7 Å². The minimum atomic E-state index is 0.160. The summed E-state index contributed by atoms with van der Waals surface area (Å²) in [6, 6.07) is 2.47. The number of hydrogen-bond acceptors (Lipinski definition) is 4. The Morgan fingerprint density at radius 1 is 1.47 bits per heavy atom. The van der Waals surface area contributed by atoms with Crippen molar-refractivity contribution in [3.05, 3.63) is 16.3 Å². The number of amides is 1. The van der Waals surface area contributed by atoms with Crippen molar-refractivity contribution in [3.63, 3.8) is 0 Å². The fourth-order valence-corrected chi connectivity index (χ4v) is 3.29. The smallest absolute Gasteiger partial charge is 0.263 e. The molecule has 0 N–H and O–H groups in total. The molecule has 17 heavy (non-hydrogen) atoms. The number of carbonyl (C=O) groups excluding carboxylic acids is 1. The summed E-state index contributed by atoms with van der Waals surface area (Å²) >= 11 is 5.72. The van der Waals surface area contributed by atoms with Gasteiger partial charge in [-0.2, -0.15) is 0 Å². The summed E-state index contributed by atoms with van der Waals surface area (Å²) in [6.45, 7) is 1.73. The van der Waals surface area contributed by atoms with Crippen molar-refractivity contribution in [2.24, 2.45) is 0 Å². The van der Waals surface area contributed by atoms with Crippen molar-refractivity contribution in [1.82, 2.24) is 9.80 Å². The molecule has 1 amide bonds. The first-order chi connectivity index (χ1) is 8.08. The molecule has 1 aliphatic heterocycles. The van der Waals surface area contributed by atoms with Crippen molar-refractivity contribution < 1.29 is 4.79 Å². The third-order valence-electron chi connectivity index (χ3n) is 3.28. The number of carbonyl (C=O) groups is 1. The number of hydrogen-bond donors (Lipinski definition) is 1. The molecular formula is C12H18N2OS2. The van der Waals surface area contributed by atoms with Gasteiger partial charge in [-0.05, 0) is 33.0 Å². The first-order valence-electron chi connectivity index (χ1n) is 5.81. The number of thiophene rings is 1. The van der Waals surface area contributed by atoms with Gasteiger partial charge in [0.1, 0.15) is 0 Å². The van der Waals surface area contributed by atoms with Crippen LogP contribution in [0.5, 0.6) is 0 Å². The number of rotatable bonds is 2. The molecule has 0 radical (unpaired) electrons. The van der Waals surface area contributed by atoms with Crippen LogP contribution < -0.4 is 0 Å². The zero-order valence-electron chi connectivity index (χ0n) is 10.2. The highest BCUT2D eigenvalue weighted by molar-refractivity contribution is 7.80. The van der Waals surface area contributed by atoms with Crippen molar-refractivity contribution in [1.29, 1.82) is 0 Å². The maximum absolute atomic E-state index is 12.2. The van der Waals surface area contributed by atoms with E-state index in [-0.39, 0.29) is 5.91 Å². The zero-order valence-corrected chi connectivity index (χ0v) is 11.9. The van der Waals surface area contributed by atoms with Gasteiger partial charge in [0.05, 0.1) is 4.88 Å². The Morgan fingerprint density at radius 3 is 2.59 bits per heavy atom. The zero-order chi connectivity index (χ0) is 12.4. The van der Waals surface area contributed by atoms with Gasteiger partial charge in [0, 0.05) is 29.4 Å². The van der Waals surface area contributed by atoms with E-state index in [0.29, 0.717) is 6.04 Å². The Kier molecular flexibility index (Phi) is 4.12. The standard InChI is InChI=1S/C12H18N2OS2/c1-13(2)9-3-5-14(6-4-9)12(15)11-7-10(16)8-17-11/h7-9,16H,3-6H2,1-2H3. The van der Waals surface area contributed by atoms with Gasteiger partial charge in [0.2, 0.25) is 0 Å². The van der Waals surface area contributed by atoms with E-state index in [4.69, 9.17) is 0 Å². The highest BCUT2D eigenvalue weighted by Gasteiger charge is 2.25. The molecule has 0 aromatic carbocycles. The van der Waals surface area contributed by atoms with Gasteiger partial charge in [0.15, 0.2) is 0 Å². The van der Waals surface area contributed by atoms with Gasteiger partial charge >= 0.3 is 0 Å². The van der Waals surface area contributed by atoms with E-state index in [1.54, 1.807) is 0 Å². The van der Waals surface area contributed by atoms with Crippen LogP contribution in [0.25, 0.3) is 0 Å². The quantitative estimate of drug-likeness (QED) is 0.833. The van der Waals surface area contributed by atoms with Crippen LogP contribution in [0.1, 0.15) is 22.5 Å². The summed E-state index contributed by atoms with van der Waals surface area (Å²) in [7, 11) is 4.21. The number of piperidine rings is 1. The van der Waals surface area contributed by atoms with E-state index in [2.05, 4.69) is 31.6 Å². The lowest BCUT2D eigenvalue weighted by Crippen LogP contribution is -2.44. The highest BCUT2D eigenvalue weighted by Crippen LogP contribution is 2.22. The average Bonchev–Trinajstić information content (AvgIpc) is 2.75. The Morgan fingerprint density at radius 2 is 2.12 bits per heavy atom. The molecule has 0 saturated carbocycles. The van der Waals surface area contributed by atoms with Gasteiger partial charge < -0.3 is 9.80 Å². The van der Waals surface area contributed by atoms with E-state index in [1.165, 1.54) is 11.3 Å². The molecule has 3 nitrogen and oxygen atoms in total. The van der Waals surface area contributed by atoms with E-state index in [1.807, 2.05) is 16.3 Å². The Bertz CT molecular complexity index is 395. The molecule has 0 bridgehead atoms. The Labute approximate surface area is 112 Å². The molecule has 0 spiro atoms. The van der Waals surface area contributed by atoms with Crippen LogP contribution in [-0.2, 0) is 0 Å². The van der Waals surface area contributed by atoms with E-state index < -0.39 is 0 Å². The van der Waals surface area contributed by atoms with Crippen molar-refractivity contribution in [2.45, 2.75) is 23.8 Å². The van der Waals surface area contributed by atoms with E-state index in [9.17, 15) is 4.79 Å². The average molecular weight is 270 g/mol. The second-order valence-electron chi connectivity index (χ2n) is 4.66. The molecule has 1 aliphatic rings. The second kappa shape index (κ2) is 5.42. The highest BCUT2D eigenvalue weighted by atomic mass is 32.1. The number of likely N-dealkylation sites (tertiary alicyclic amines) is 1. The third-order valence-corrected chi connectivity index (χ3v) is 4.63. The van der Waals surface area contributed by atoms with Gasteiger partial charge in [-0.15, -0.1) is 24.0 Å². The largest absolute Gasteiger partial charge is 0.338 e. The maximum Gasteiger partial charge on any atom is 0.263 e. The minimum Gasteiger partial charge on any atom is -0.338 e. The summed E-state index contributed by atoms with van der Waals surface area (Å²) in [4.78, 5) is 18.1. The normalized spacial score (nSPS) is 17.8. The van der Waals surface area contributed by atoms with Crippen molar-refractivity contribution in [2.75, 3.05) is 27.2 Å². The summed E-state index contributed by atoms with van der Waals surface area (Å²) in [5.41, 5.74) is 0. The predicted octanol–water partition coefficient (Wildman–Crippen LogP) is 2.20. The summed E-state index contributed by atoms with van der Waals surface area (Å²) < 4.78 is 0. The predicted molar refractivity (Wildman–Crippen MR) is 74.2 cm³/mol. The Balaban J connectivity index is 1.95. The number of nitrogens with zero attached hydrogens (tertiary/aromatic N) is 2. The van der Waals surface area contributed by atoms with Crippen LogP contribution in [0.3, 0.4) is 0 Å². The van der Waals surface area contributed by atoms with Gasteiger partial charge in [-0.25, -0.2) is 0 Å². The fourth-order valence-electron chi connectivity index (χ4n) is 2.18. The lowest BCUT2D eigenvalue weighted by Gasteiger charge is -2.35. The molecule has 1 saturated heterocycles. The summed E-state index contributed by atoms with van der Waals surface area (Å²) in [5.74, 6) is 0.160. The third kappa shape index (κ3) is 3.03. The minimum absolute atomic E-state index is 0.160. The van der Waals surface area contributed by atoms with Crippen LogP contribution in [0.15, 0.2) is 16.3 Å². The molecule has 0 aliphatic carbocycles. The van der Waals surface area contributed by atoms with Crippen LogP contribution in [-0.4, -0.2) is 48.9 Å². The second-order valence-corrected chi connectivity index (χ2v) is 6.08. The van der Waals surface area contributed by atoms with Crippen LogP contribution >= 0.6 is 24.0 Å². The first kappa shape index (κ1) is 12.9. The molecule has 0 atom stereocenters. The van der Waals surface area contributed by atoms with Crippen molar-refractivity contribution >= 4 is 29.9 Å². The SMILES string of the molecule is CN(C)C1CCN(C(=O)c2cc(S)cs2)CC1. The summed E-state index contributed by atoms with van der Waals surface area (Å²) in [5, 5.41) is 1.91. The van der Waals surface area contributed by atoms with Gasteiger partial charge in [-0.1, -0.05) is 0 Å². The molecule has 94 valence electrons. The Hall–Kier alpha value is -0.520. The van der Waals surface area contributed by atoms with Gasteiger partial charge in [0.25, 0.3) is 5.91 Å². The lowest BCUT2D eigenvalue weighted by molar-refractivity contribution is 0.0668. The molecule has 1 aromatic heterocycles. The molecule has 0 unspecified atom stereocenters. The first-order valence-corrected chi connectivity index (χ1v) is 7.14. The molecule has 1 aromatic rings. The topological polar surface area (TPSA) is 23.6 Å². The van der Waals surface area contributed by atoms with Gasteiger partial charge in [-0.3, -0.25) is 4.79 Å². The van der Waals surface area contributed by atoms with Crippen LogP contribution in [0.4, 0.5) is 0 Å². The maximum atomic E-state index is 12.2. The molecule has 2 heterocycles. The molecule has 1 fully saturated rings. The van der Waals surface area contributed by atoms with E-state index >= 15 is 0 Å². The van der Waals surface area contributed by atoms with Crippen LogP contribution in [0, 0.1) is 0 Å². The van der Waals surface area contributed by atoms with Crippen molar-refractivity contribution in [3.8, 4) is 0 Å². The monoisotopic (exact) mass is 270 g/mol. The lowest BCUT2D eigenvalue weighted by atomic mass is 10.0. The molecule has 5 heteroatoms. The molecular weight excluding hydrogens is 252 g/mol. The number of thiol groups is 1. The fraction of sp³-hybridized carbons (Fsp3) is 0.583.